The van der Waals surface area contributed by atoms with Crippen molar-refractivity contribution in [2.75, 3.05) is 26.7 Å². The molecule has 1 N–H and O–H groups in total. The van der Waals surface area contributed by atoms with E-state index in [4.69, 9.17) is 13.6 Å². The van der Waals surface area contributed by atoms with Crippen LogP contribution in [0.4, 0.5) is 0 Å². The van der Waals surface area contributed by atoms with Gasteiger partial charge in [0.25, 0.3) is 5.91 Å². The monoisotopic (exact) mass is 436 g/mol. The number of rotatable bonds is 6. The Bertz CT molecular complexity index is 1190. The van der Waals surface area contributed by atoms with Crippen LogP contribution in [-0.4, -0.2) is 43.5 Å². The van der Waals surface area contributed by atoms with Gasteiger partial charge in [0.2, 0.25) is 5.91 Å². The van der Waals surface area contributed by atoms with Crippen LogP contribution in [0.3, 0.4) is 0 Å². The van der Waals surface area contributed by atoms with Gasteiger partial charge in [-0.05, 0) is 49.1 Å². The van der Waals surface area contributed by atoms with E-state index in [2.05, 4.69) is 5.32 Å². The van der Waals surface area contributed by atoms with Crippen molar-refractivity contribution in [1.29, 1.82) is 0 Å². The number of carbonyl (C=O) groups excluding carboxylic acids is 2. The molecular weight excluding hydrogens is 412 g/mol. The molecule has 4 rings (SSSR count). The molecule has 2 amide bonds. The van der Waals surface area contributed by atoms with Crippen LogP contribution in [0, 0.1) is 5.92 Å². The predicted octanol–water partition coefficient (Wildman–Crippen LogP) is 3.08. The number of amides is 2. The fourth-order valence-electron chi connectivity index (χ4n) is 3.77. The largest absolute Gasteiger partial charge is 0.493 e. The summed E-state index contributed by atoms with van der Waals surface area (Å²) in [4.78, 5) is 39.0. The minimum absolute atomic E-state index is 0.0403. The topological polar surface area (TPSA) is 102 Å². The molecule has 1 aliphatic rings. The lowest BCUT2D eigenvalue weighted by Crippen LogP contribution is -2.41. The number of methoxy groups -OCH3 is 1. The van der Waals surface area contributed by atoms with Crippen LogP contribution in [0.2, 0.25) is 0 Å². The summed E-state index contributed by atoms with van der Waals surface area (Å²) < 4.78 is 15.7. The van der Waals surface area contributed by atoms with Crippen molar-refractivity contribution in [2.45, 2.75) is 12.8 Å². The first-order valence-corrected chi connectivity index (χ1v) is 10.4. The summed E-state index contributed by atoms with van der Waals surface area (Å²) in [6, 6.07) is 10.3. The molecule has 0 atom stereocenters. The van der Waals surface area contributed by atoms with Gasteiger partial charge in [-0.15, -0.1) is 0 Å². The Hall–Kier alpha value is -3.81. The molecule has 1 aromatic carbocycles. The zero-order chi connectivity index (χ0) is 22.5. The number of nitrogens with one attached hydrogen (secondary N) is 1. The van der Waals surface area contributed by atoms with Crippen LogP contribution < -0.4 is 15.7 Å². The lowest BCUT2D eigenvalue weighted by molar-refractivity contribution is -0.127. The van der Waals surface area contributed by atoms with Crippen LogP contribution >= 0.6 is 0 Å². The van der Waals surface area contributed by atoms with Crippen LogP contribution in [0.5, 0.6) is 5.75 Å². The third-order valence-corrected chi connectivity index (χ3v) is 5.60. The summed E-state index contributed by atoms with van der Waals surface area (Å²) in [5.74, 6) is 0.764. The fourth-order valence-corrected chi connectivity index (χ4v) is 3.77. The summed E-state index contributed by atoms with van der Waals surface area (Å²) >= 11 is 0. The number of carbonyl (C=O) groups is 2. The van der Waals surface area contributed by atoms with Gasteiger partial charge < -0.3 is 23.8 Å². The molecule has 32 heavy (non-hydrogen) atoms. The SMILES string of the molecule is COc1cccc2cc(C(=O)NCC3CCN(C(=O)/C=C/c4ccco4)CC3)c(=O)oc12. The van der Waals surface area contributed by atoms with Gasteiger partial charge in [0, 0.05) is 31.1 Å². The zero-order valence-corrected chi connectivity index (χ0v) is 17.7. The van der Waals surface area contributed by atoms with Crippen molar-refractivity contribution in [2.24, 2.45) is 5.92 Å². The molecule has 1 aliphatic heterocycles. The Morgan fingerprint density at radius 2 is 2.03 bits per heavy atom. The molecule has 2 aromatic heterocycles. The smallest absolute Gasteiger partial charge is 0.349 e. The molecule has 1 saturated heterocycles. The fraction of sp³-hybridized carbons (Fsp3) is 0.292. The second-order valence-electron chi connectivity index (χ2n) is 7.65. The summed E-state index contributed by atoms with van der Waals surface area (Å²) in [6.45, 7) is 1.65. The lowest BCUT2D eigenvalue weighted by atomic mass is 9.96. The summed E-state index contributed by atoms with van der Waals surface area (Å²) in [7, 11) is 1.49. The van der Waals surface area contributed by atoms with E-state index in [1.165, 1.54) is 19.3 Å². The van der Waals surface area contributed by atoms with Gasteiger partial charge in [-0.25, -0.2) is 4.79 Å². The zero-order valence-electron chi connectivity index (χ0n) is 17.7. The standard InChI is InChI=1S/C24H24N2O6/c1-30-20-6-2-4-17-14-19(24(29)32-22(17)20)23(28)25-15-16-9-11-26(12-10-16)21(27)8-7-18-5-3-13-31-18/h2-8,13-14,16H,9-12,15H2,1H3,(H,25,28)/b8-7+. The molecule has 0 unspecified atom stereocenters. The Morgan fingerprint density at radius 3 is 2.75 bits per heavy atom. The highest BCUT2D eigenvalue weighted by atomic mass is 16.5. The Labute approximate surface area is 184 Å². The molecule has 0 saturated carbocycles. The van der Waals surface area contributed by atoms with Gasteiger partial charge in [-0.3, -0.25) is 9.59 Å². The Balaban J connectivity index is 1.31. The summed E-state index contributed by atoms with van der Waals surface area (Å²) in [6.07, 6.45) is 6.26. The number of hydrogen-bond donors (Lipinski definition) is 1. The molecule has 8 nitrogen and oxygen atoms in total. The number of benzene rings is 1. The van der Waals surface area contributed by atoms with Crippen LogP contribution in [0.25, 0.3) is 17.0 Å². The normalized spacial score (nSPS) is 14.7. The highest BCUT2D eigenvalue weighted by Gasteiger charge is 2.23. The number of ether oxygens (including phenoxy) is 1. The number of piperidine rings is 1. The van der Waals surface area contributed by atoms with Crippen molar-refractivity contribution in [3.05, 3.63) is 70.5 Å². The van der Waals surface area contributed by atoms with E-state index in [0.29, 0.717) is 42.1 Å². The summed E-state index contributed by atoms with van der Waals surface area (Å²) in [5.41, 5.74) is -0.431. The van der Waals surface area contributed by atoms with E-state index in [0.717, 1.165) is 12.8 Å². The van der Waals surface area contributed by atoms with Gasteiger partial charge in [0.1, 0.15) is 11.3 Å². The highest BCUT2D eigenvalue weighted by Crippen LogP contribution is 2.24. The predicted molar refractivity (Wildman–Crippen MR) is 118 cm³/mol. The maximum Gasteiger partial charge on any atom is 0.349 e. The van der Waals surface area contributed by atoms with Gasteiger partial charge in [0.15, 0.2) is 11.3 Å². The molecule has 0 bridgehead atoms. The first kappa shape index (κ1) is 21.4. The minimum Gasteiger partial charge on any atom is -0.493 e. The molecule has 0 radical (unpaired) electrons. The molecule has 0 spiro atoms. The summed E-state index contributed by atoms with van der Waals surface area (Å²) in [5, 5.41) is 3.44. The second-order valence-corrected chi connectivity index (χ2v) is 7.65. The van der Waals surface area contributed by atoms with E-state index in [-0.39, 0.29) is 17.4 Å². The van der Waals surface area contributed by atoms with Crippen molar-refractivity contribution >= 4 is 28.9 Å². The van der Waals surface area contributed by atoms with Crippen molar-refractivity contribution < 1.29 is 23.2 Å². The molecule has 166 valence electrons. The van der Waals surface area contributed by atoms with Gasteiger partial charge in [-0.1, -0.05) is 12.1 Å². The van der Waals surface area contributed by atoms with Crippen molar-refractivity contribution in [1.82, 2.24) is 10.2 Å². The maximum absolute atomic E-state index is 12.6. The van der Waals surface area contributed by atoms with E-state index < -0.39 is 11.5 Å². The van der Waals surface area contributed by atoms with E-state index in [1.54, 1.807) is 47.6 Å². The number of fused-ring (bicyclic) bond motifs is 1. The first-order valence-electron chi connectivity index (χ1n) is 10.4. The average molecular weight is 436 g/mol. The maximum atomic E-state index is 12.6. The molecule has 1 fully saturated rings. The van der Waals surface area contributed by atoms with E-state index in [9.17, 15) is 14.4 Å². The second kappa shape index (κ2) is 9.55. The molecule has 3 aromatic rings. The molecule has 3 heterocycles. The van der Waals surface area contributed by atoms with E-state index in [1.807, 2.05) is 0 Å². The Kier molecular flexibility index (Phi) is 6.39. The number of likely N-dealkylation sites (tertiary alicyclic amines) is 1. The van der Waals surface area contributed by atoms with Gasteiger partial charge >= 0.3 is 5.63 Å². The number of para-hydroxylation sites is 1. The number of hydrogen-bond acceptors (Lipinski definition) is 6. The van der Waals surface area contributed by atoms with E-state index >= 15 is 0 Å². The number of nitrogens with zero attached hydrogens (tertiary/aromatic N) is 1. The Morgan fingerprint density at radius 1 is 1.22 bits per heavy atom. The van der Waals surface area contributed by atoms with Crippen LogP contribution in [-0.2, 0) is 4.79 Å². The number of furan rings is 1. The molecule has 0 aliphatic carbocycles. The molecular formula is C24H24N2O6. The first-order chi connectivity index (χ1) is 15.5. The molecule has 8 heteroatoms. The van der Waals surface area contributed by atoms with Crippen LogP contribution in [0.1, 0.15) is 29.0 Å². The van der Waals surface area contributed by atoms with Crippen molar-refractivity contribution in [3.8, 4) is 5.75 Å². The third kappa shape index (κ3) is 4.74. The quantitative estimate of drug-likeness (QED) is 0.471. The van der Waals surface area contributed by atoms with Gasteiger partial charge in [-0.2, -0.15) is 0 Å². The van der Waals surface area contributed by atoms with Crippen LogP contribution in [0.15, 0.2) is 62.4 Å². The van der Waals surface area contributed by atoms with Crippen molar-refractivity contribution in [3.63, 3.8) is 0 Å². The highest BCUT2D eigenvalue weighted by molar-refractivity contribution is 5.97. The van der Waals surface area contributed by atoms with Gasteiger partial charge in [0.05, 0.1) is 13.4 Å². The minimum atomic E-state index is -0.705. The lowest BCUT2D eigenvalue weighted by Gasteiger charge is -2.31. The third-order valence-electron chi connectivity index (χ3n) is 5.60. The average Bonchev–Trinajstić information content (AvgIpc) is 3.34.